The van der Waals surface area contributed by atoms with Crippen LogP contribution in [0.25, 0.3) is 0 Å². The molecule has 1 amide bonds. The Morgan fingerprint density at radius 2 is 2.15 bits per heavy atom. The number of hydrogen-bond donors (Lipinski definition) is 0. The third kappa shape index (κ3) is 2.49. The molecule has 4 heterocycles. The van der Waals surface area contributed by atoms with Crippen molar-refractivity contribution >= 4 is 17.2 Å². The summed E-state index contributed by atoms with van der Waals surface area (Å²) in [4.78, 5) is 21.7. The van der Waals surface area contributed by atoms with Crippen LogP contribution in [-0.4, -0.2) is 46.4 Å². The number of fused-ring (bicyclic) bond motifs is 4. The van der Waals surface area contributed by atoms with Crippen molar-refractivity contribution in [3.63, 3.8) is 0 Å². The van der Waals surface area contributed by atoms with Crippen molar-refractivity contribution in [1.29, 1.82) is 0 Å². The van der Waals surface area contributed by atoms with Gasteiger partial charge in [0.25, 0.3) is 0 Å². The van der Waals surface area contributed by atoms with Gasteiger partial charge in [0, 0.05) is 37.3 Å². The molecular formula is C15H21N3OS. The fraction of sp³-hybridized carbons (Fsp3) is 0.733. The van der Waals surface area contributed by atoms with Gasteiger partial charge in [-0.2, -0.15) is 0 Å². The third-order valence-electron chi connectivity index (χ3n) is 4.86. The van der Waals surface area contributed by atoms with Crippen LogP contribution in [0, 0.1) is 11.8 Å². The van der Waals surface area contributed by atoms with Gasteiger partial charge in [0.1, 0.15) is 5.01 Å². The minimum Gasteiger partial charge on any atom is -0.338 e. The Morgan fingerprint density at radius 3 is 2.90 bits per heavy atom. The van der Waals surface area contributed by atoms with Crippen molar-refractivity contribution in [2.45, 2.75) is 38.3 Å². The zero-order valence-corrected chi connectivity index (χ0v) is 12.5. The molecule has 108 valence electrons. The van der Waals surface area contributed by atoms with E-state index < -0.39 is 0 Å². The number of rotatable bonds is 4. The summed E-state index contributed by atoms with van der Waals surface area (Å²) >= 11 is 1.72. The Hall–Kier alpha value is -0.940. The van der Waals surface area contributed by atoms with E-state index in [0.29, 0.717) is 11.9 Å². The Balaban J connectivity index is 1.48. The second-order valence-electron chi connectivity index (χ2n) is 6.48. The predicted molar refractivity (Wildman–Crippen MR) is 78.3 cm³/mol. The van der Waals surface area contributed by atoms with E-state index in [1.807, 2.05) is 11.6 Å². The van der Waals surface area contributed by atoms with Crippen LogP contribution in [0.2, 0.25) is 0 Å². The summed E-state index contributed by atoms with van der Waals surface area (Å²) in [6, 6.07) is 0.446. The van der Waals surface area contributed by atoms with Crippen LogP contribution < -0.4 is 0 Å². The molecule has 0 unspecified atom stereocenters. The van der Waals surface area contributed by atoms with Crippen molar-refractivity contribution < 1.29 is 4.79 Å². The molecule has 0 spiro atoms. The van der Waals surface area contributed by atoms with Gasteiger partial charge in [0.15, 0.2) is 0 Å². The Kier molecular flexibility index (Phi) is 3.27. The van der Waals surface area contributed by atoms with Gasteiger partial charge in [-0.1, -0.05) is 0 Å². The van der Waals surface area contributed by atoms with Gasteiger partial charge in [0.2, 0.25) is 5.91 Å². The zero-order valence-electron chi connectivity index (χ0n) is 11.7. The molecule has 1 aliphatic carbocycles. The molecule has 4 nitrogen and oxygen atoms in total. The molecule has 4 aliphatic rings. The standard InChI is InChI=1S/C15H21N3OS/c19-15-12-3-4-13(18(15)7-11-1-2-11)9-17(8-12)10-14-16-5-6-20-14/h5-6,11-13H,1-4,7-10H2/t12-,13+/m1/s1. The molecular weight excluding hydrogens is 270 g/mol. The molecule has 2 bridgehead atoms. The number of amides is 1. The minimum atomic E-state index is 0.229. The first kappa shape index (κ1) is 12.8. The van der Waals surface area contributed by atoms with Gasteiger partial charge in [-0.05, 0) is 31.6 Å². The Bertz CT molecular complexity index is 485. The number of carbonyl (C=O) groups is 1. The van der Waals surface area contributed by atoms with Crippen LogP contribution in [0.3, 0.4) is 0 Å². The van der Waals surface area contributed by atoms with E-state index in [1.54, 1.807) is 11.3 Å². The van der Waals surface area contributed by atoms with Crippen molar-refractivity contribution in [1.82, 2.24) is 14.8 Å². The molecule has 1 aromatic rings. The summed E-state index contributed by atoms with van der Waals surface area (Å²) in [5.74, 6) is 1.45. The lowest BCUT2D eigenvalue weighted by atomic mass is 9.94. The van der Waals surface area contributed by atoms with E-state index >= 15 is 0 Å². The largest absolute Gasteiger partial charge is 0.338 e. The number of hydrogen-bond acceptors (Lipinski definition) is 4. The van der Waals surface area contributed by atoms with Crippen LogP contribution in [0.4, 0.5) is 0 Å². The molecule has 2 atom stereocenters. The lowest BCUT2D eigenvalue weighted by Gasteiger charge is -2.36. The first-order valence-corrected chi connectivity index (χ1v) is 8.59. The second-order valence-corrected chi connectivity index (χ2v) is 7.46. The molecule has 4 fully saturated rings. The Labute approximate surface area is 123 Å². The van der Waals surface area contributed by atoms with E-state index in [-0.39, 0.29) is 5.92 Å². The molecule has 0 radical (unpaired) electrons. The lowest BCUT2D eigenvalue weighted by molar-refractivity contribution is -0.140. The summed E-state index contributed by atoms with van der Waals surface area (Å²) in [5, 5.41) is 3.21. The summed E-state index contributed by atoms with van der Waals surface area (Å²) in [7, 11) is 0. The highest BCUT2D eigenvalue weighted by Crippen LogP contribution is 2.35. The SMILES string of the molecule is O=C1[C@@H]2CC[C@@H](CN(Cc3nccs3)C2)N1CC1CC1. The zero-order chi connectivity index (χ0) is 13.5. The highest BCUT2D eigenvalue weighted by molar-refractivity contribution is 7.09. The van der Waals surface area contributed by atoms with Crippen molar-refractivity contribution in [2.24, 2.45) is 11.8 Å². The number of thiazole rings is 1. The van der Waals surface area contributed by atoms with Gasteiger partial charge >= 0.3 is 0 Å². The summed E-state index contributed by atoms with van der Waals surface area (Å²) in [5.41, 5.74) is 0. The number of piperidine rings is 1. The molecule has 3 saturated heterocycles. The molecule has 20 heavy (non-hydrogen) atoms. The van der Waals surface area contributed by atoms with E-state index in [4.69, 9.17) is 0 Å². The van der Waals surface area contributed by atoms with Gasteiger partial charge in [-0.3, -0.25) is 9.69 Å². The average Bonchev–Trinajstić information content (AvgIpc) is 3.17. The van der Waals surface area contributed by atoms with E-state index in [1.165, 1.54) is 24.3 Å². The van der Waals surface area contributed by atoms with Gasteiger partial charge in [-0.25, -0.2) is 4.98 Å². The minimum absolute atomic E-state index is 0.229. The van der Waals surface area contributed by atoms with Crippen LogP contribution in [0.15, 0.2) is 11.6 Å². The lowest BCUT2D eigenvalue weighted by Crippen LogP contribution is -2.48. The molecule has 1 aromatic heterocycles. The van der Waals surface area contributed by atoms with Crippen LogP contribution in [0.1, 0.15) is 30.7 Å². The molecule has 0 aromatic carbocycles. The number of aromatic nitrogens is 1. The summed E-state index contributed by atoms with van der Waals surface area (Å²) < 4.78 is 0. The monoisotopic (exact) mass is 291 g/mol. The second kappa shape index (κ2) is 5.11. The third-order valence-corrected chi connectivity index (χ3v) is 5.63. The first-order chi connectivity index (χ1) is 9.79. The molecule has 1 saturated carbocycles. The van der Waals surface area contributed by atoms with Crippen LogP contribution in [-0.2, 0) is 11.3 Å². The fourth-order valence-electron chi connectivity index (χ4n) is 3.60. The fourth-order valence-corrected chi connectivity index (χ4v) is 4.26. The summed E-state index contributed by atoms with van der Waals surface area (Å²) in [6.45, 7) is 3.89. The maximum atomic E-state index is 12.6. The maximum Gasteiger partial charge on any atom is 0.227 e. The van der Waals surface area contributed by atoms with E-state index in [0.717, 1.165) is 38.5 Å². The highest BCUT2D eigenvalue weighted by atomic mass is 32.1. The number of nitrogens with zero attached hydrogens (tertiary/aromatic N) is 3. The first-order valence-electron chi connectivity index (χ1n) is 7.71. The highest BCUT2D eigenvalue weighted by Gasteiger charge is 2.42. The van der Waals surface area contributed by atoms with Gasteiger partial charge in [0.05, 0.1) is 12.5 Å². The van der Waals surface area contributed by atoms with Gasteiger partial charge in [-0.15, -0.1) is 11.3 Å². The normalized spacial score (nSPS) is 30.8. The smallest absolute Gasteiger partial charge is 0.227 e. The number of carbonyl (C=O) groups excluding carboxylic acids is 1. The molecule has 5 rings (SSSR count). The van der Waals surface area contributed by atoms with Crippen molar-refractivity contribution in [3.8, 4) is 0 Å². The Morgan fingerprint density at radius 1 is 1.25 bits per heavy atom. The predicted octanol–water partition coefficient (Wildman–Crippen LogP) is 1.98. The maximum absolute atomic E-state index is 12.6. The molecule has 3 aliphatic heterocycles. The van der Waals surface area contributed by atoms with Crippen molar-refractivity contribution in [2.75, 3.05) is 19.6 Å². The average molecular weight is 291 g/mol. The summed E-state index contributed by atoms with van der Waals surface area (Å²) in [6.07, 6.45) is 6.79. The quantitative estimate of drug-likeness (QED) is 0.851. The van der Waals surface area contributed by atoms with Crippen LogP contribution >= 0.6 is 11.3 Å². The van der Waals surface area contributed by atoms with Crippen LogP contribution in [0.5, 0.6) is 0 Å². The van der Waals surface area contributed by atoms with Crippen molar-refractivity contribution in [3.05, 3.63) is 16.6 Å². The van der Waals surface area contributed by atoms with Gasteiger partial charge < -0.3 is 4.90 Å². The van der Waals surface area contributed by atoms with E-state index in [2.05, 4.69) is 14.8 Å². The molecule has 5 heteroatoms. The molecule has 0 N–H and O–H groups in total. The van der Waals surface area contributed by atoms with E-state index in [9.17, 15) is 4.79 Å². The topological polar surface area (TPSA) is 36.4 Å².